The zero-order chi connectivity index (χ0) is 30.4. The molecule has 6 heterocycles. The fourth-order valence-corrected chi connectivity index (χ4v) is 6.33. The lowest BCUT2D eigenvalue weighted by Gasteiger charge is -2.22. The molecule has 6 rings (SSSR count). The molecule has 6 N–H and O–H groups in total. The lowest BCUT2D eigenvalue weighted by Crippen LogP contribution is -2.28. The first-order valence-electron chi connectivity index (χ1n) is 12.9. The number of rotatable bonds is 11. The van der Waals surface area contributed by atoms with Crippen molar-refractivity contribution in [2.45, 2.75) is 50.0 Å². The lowest BCUT2D eigenvalue weighted by atomic mass is 10.2. The molecule has 22 heteroatoms. The number of imidazole rings is 2. The van der Waals surface area contributed by atoms with Gasteiger partial charge in [0.1, 0.15) is 48.4 Å². The first-order valence-corrected chi connectivity index (χ1v) is 15.9. The molecule has 2 saturated heterocycles. The van der Waals surface area contributed by atoms with Gasteiger partial charge in [-0.15, -0.1) is 0 Å². The van der Waals surface area contributed by atoms with Crippen molar-refractivity contribution < 1.29 is 46.5 Å². The average Bonchev–Trinajstić information content (AvgIpc) is 3.76. The first-order chi connectivity index (χ1) is 20.5. The van der Waals surface area contributed by atoms with Crippen molar-refractivity contribution in [1.29, 1.82) is 0 Å². The maximum Gasteiger partial charge on any atom is 0.472 e. The zero-order valence-corrected chi connectivity index (χ0v) is 24.3. The lowest BCUT2D eigenvalue weighted by molar-refractivity contribution is -0.0481. The Morgan fingerprint density at radius 3 is 2.09 bits per heavy atom. The summed E-state index contributed by atoms with van der Waals surface area (Å²) in [6.07, 6.45) is 2.60. The van der Waals surface area contributed by atoms with E-state index >= 15 is 0 Å². The minimum Gasteiger partial charge on any atom is -0.382 e. The highest BCUT2D eigenvalue weighted by molar-refractivity contribution is 7.47. The number of phosphoric acid groups is 2. The SMILES string of the molecule is COP(=O)(O)OC[C@H]1O[C@@H](n2cnc3c(N)ncnc32)C[C@@H]1OP(=O)(O)OC[C@@H]1CC[C@H](n2cnc3c(N)ncnc32)O1. The fraction of sp³-hybridized carbons (Fsp3) is 0.524. The number of hydrogen-bond donors (Lipinski definition) is 4. The number of anilines is 2. The molecule has 43 heavy (non-hydrogen) atoms. The molecule has 20 nitrogen and oxygen atoms in total. The molecule has 7 atom stereocenters. The van der Waals surface area contributed by atoms with Crippen LogP contribution in [-0.4, -0.2) is 87.5 Å². The molecule has 0 spiro atoms. The maximum absolute atomic E-state index is 13.0. The van der Waals surface area contributed by atoms with E-state index in [1.165, 1.54) is 23.5 Å². The quantitative estimate of drug-likeness (QED) is 0.166. The van der Waals surface area contributed by atoms with Gasteiger partial charge in [0.15, 0.2) is 22.9 Å². The molecular weight excluding hydrogens is 614 g/mol. The second-order valence-electron chi connectivity index (χ2n) is 9.68. The van der Waals surface area contributed by atoms with Gasteiger partial charge < -0.3 is 30.7 Å². The van der Waals surface area contributed by atoms with Crippen LogP contribution >= 0.6 is 15.6 Å². The maximum atomic E-state index is 13.0. The summed E-state index contributed by atoms with van der Waals surface area (Å²) in [5.41, 5.74) is 13.3. The van der Waals surface area contributed by atoms with E-state index in [2.05, 4.69) is 34.4 Å². The molecule has 0 aliphatic carbocycles. The van der Waals surface area contributed by atoms with Gasteiger partial charge in [0, 0.05) is 13.5 Å². The van der Waals surface area contributed by atoms with Gasteiger partial charge in [-0.1, -0.05) is 0 Å². The van der Waals surface area contributed by atoms with Crippen LogP contribution in [0.2, 0.25) is 0 Å². The number of hydrogen-bond acceptors (Lipinski definition) is 16. The molecule has 0 radical (unpaired) electrons. The molecule has 2 fully saturated rings. The van der Waals surface area contributed by atoms with E-state index in [9.17, 15) is 18.9 Å². The molecule has 2 unspecified atom stereocenters. The van der Waals surface area contributed by atoms with Crippen LogP contribution in [0.5, 0.6) is 0 Å². The summed E-state index contributed by atoms with van der Waals surface area (Å²) < 4.78 is 60.3. The molecule has 0 bridgehead atoms. The number of nitrogens with two attached hydrogens (primary N) is 2. The van der Waals surface area contributed by atoms with Crippen molar-refractivity contribution >= 4 is 49.6 Å². The van der Waals surface area contributed by atoms with Crippen LogP contribution < -0.4 is 11.5 Å². The van der Waals surface area contributed by atoms with Crippen LogP contribution in [0.1, 0.15) is 31.7 Å². The summed E-state index contributed by atoms with van der Waals surface area (Å²) in [5.74, 6) is 0.392. The Kier molecular flexibility index (Phi) is 8.16. The smallest absolute Gasteiger partial charge is 0.382 e. The Morgan fingerprint density at radius 2 is 1.47 bits per heavy atom. The Morgan fingerprint density at radius 1 is 0.860 bits per heavy atom. The van der Waals surface area contributed by atoms with Gasteiger partial charge in [0.2, 0.25) is 0 Å². The highest BCUT2D eigenvalue weighted by Crippen LogP contribution is 2.50. The largest absolute Gasteiger partial charge is 0.472 e. The van der Waals surface area contributed by atoms with Gasteiger partial charge in [-0.05, 0) is 12.8 Å². The molecular formula is C21H28N10O10P2. The van der Waals surface area contributed by atoms with Gasteiger partial charge in [-0.2, -0.15) is 0 Å². The molecule has 2 aliphatic heterocycles. The third-order valence-electron chi connectivity index (χ3n) is 6.99. The number of nitrogens with zero attached hydrogens (tertiary/aromatic N) is 8. The van der Waals surface area contributed by atoms with Crippen LogP contribution in [0.15, 0.2) is 25.3 Å². The molecule has 0 saturated carbocycles. The predicted octanol–water partition coefficient (Wildman–Crippen LogP) is 1.06. The van der Waals surface area contributed by atoms with Gasteiger partial charge in [0.05, 0.1) is 32.0 Å². The Bertz CT molecular complexity index is 1720. The second-order valence-corrected chi connectivity index (χ2v) is 12.6. The number of ether oxygens (including phenoxy) is 2. The highest BCUT2D eigenvalue weighted by atomic mass is 31.2. The number of aromatic nitrogens is 8. The summed E-state index contributed by atoms with van der Waals surface area (Å²) in [6, 6.07) is 0. The zero-order valence-electron chi connectivity index (χ0n) is 22.5. The molecule has 0 aromatic carbocycles. The van der Waals surface area contributed by atoms with E-state index in [-0.39, 0.29) is 24.7 Å². The Hall–Kier alpha value is -3.16. The van der Waals surface area contributed by atoms with Crippen molar-refractivity contribution in [2.24, 2.45) is 0 Å². The van der Waals surface area contributed by atoms with Crippen LogP contribution in [0.4, 0.5) is 11.6 Å². The summed E-state index contributed by atoms with van der Waals surface area (Å²) in [6.45, 7) is -0.767. The van der Waals surface area contributed by atoms with Gasteiger partial charge in [0.25, 0.3) is 0 Å². The highest BCUT2D eigenvalue weighted by Gasteiger charge is 2.44. The van der Waals surface area contributed by atoms with Crippen LogP contribution in [0.3, 0.4) is 0 Å². The molecule has 2 aliphatic rings. The second kappa shape index (κ2) is 11.7. The van der Waals surface area contributed by atoms with Crippen molar-refractivity contribution in [2.75, 3.05) is 31.8 Å². The Balaban J connectivity index is 1.11. The topological polar surface area (TPSA) is 269 Å². The minimum atomic E-state index is -4.69. The van der Waals surface area contributed by atoms with Crippen LogP contribution in [-0.2, 0) is 36.7 Å². The van der Waals surface area contributed by atoms with Gasteiger partial charge in [-0.3, -0.25) is 27.2 Å². The summed E-state index contributed by atoms with van der Waals surface area (Å²) in [7, 11) is -8.09. The van der Waals surface area contributed by atoms with E-state index in [0.717, 1.165) is 7.11 Å². The van der Waals surface area contributed by atoms with Gasteiger partial charge >= 0.3 is 15.6 Å². The molecule has 232 valence electrons. The third kappa shape index (κ3) is 6.25. The van der Waals surface area contributed by atoms with E-state index in [0.29, 0.717) is 35.2 Å². The van der Waals surface area contributed by atoms with Crippen LogP contribution in [0.25, 0.3) is 22.3 Å². The molecule has 4 aromatic rings. The number of fused-ring (bicyclic) bond motifs is 2. The Labute approximate surface area is 242 Å². The van der Waals surface area contributed by atoms with Crippen molar-refractivity contribution in [3.63, 3.8) is 0 Å². The first kappa shape index (κ1) is 29.9. The van der Waals surface area contributed by atoms with E-state index < -0.39 is 53.0 Å². The number of nitrogen functional groups attached to an aromatic ring is 2. The summed E-state index contributed by atoms with van der Waals surface area (Å²) in [5, 5.41) is 0. The average molecular weight is 642 g/mol. The van der Waals surface area contributed by atoms with E-state index in [1.54, 1.807) is 10.9 Å². The third-order valence-corrected chi connectivity index (χ3v) is 8.93. The standard InChI is InChI=1S/C21H28N10O10P2/c1-36-42(32,33)38-6-13-12(4-15(40-13)31-10-29-17-19(23)25-8-27-21(17)31)41-43(34,35)37-5-11-2-3-14(39-11)30-9-28-16-18(22)24-7-26-20(16)30/h7-15H,2-6H2,1H3,(H,32,33)(H,34,35)(H2,22,24,26)(H2,23,25,27)/t11-,12-,13+,14+,15+/m0/s1. The molecule has 4 aromatic heterocycles. The normalized spacial score (nSPS) is 27.1. The van der Waals surface area contributed by atoms with Crippen LogP contribution in [0, 0.1) is 0 Å². The van der Waals surface area contributed by atoms with Crippen molar-refractivity contribution in [1.82, 2.24) is 39.0 Å². The van der Waals surface area contributed by atoms with Crippen molar-refractivity contribution in [3.05, 3.63) is 25.3 Å². The summed E-state index contributed by atoms with van der Waals surface area (Å²) in [4.78, 5) is 45.0. The van der Waals surface area contributed by atoms with Gasteiger partial charge in [-0.25, -0.2) is 39.0 Å². The molecule has 0 amide bonds. The number of phosphoric ester groups is 2. The van der Waals surface area contributed by atoms with Crippen molar-refractivity contribution in [3.8, 4) is 0 Å². The monoisotopic (exact) mass is 642 g/mol. The van der Waals surface area contributed by atoms with E-state index in [1.807, 2.05) is 0 Å². The predicted molar refractivity (Wildman–Crippen MR) is 145 cm³/mol. The fourth-order valence-electron chi connectivity index (χ4n) is 4.91. The summed E-state index contributed by atoms with van der Waals surface area (Å²) >= 11 is 0. The van der Waals surface area contributed by atoms with E-state index in [4.69, 9.17) is 34.5 Å². The minimum absolute atomic E-state index is 0.000705.